The zero-order valence-corrected chi connectivity index (χ0v) is 10.3. The van der Waals surface area contributed by atoms with Gasteiger partial charge in [-0.1, -0.05) is 0 Å². The molecule has 2 rings (SSSR count). The molecule has 18 heavy (non-hydrogen) atoms. The van der Waals surface area contributed by atoms with E-state index in [1.165, 1.54) is 12.1 Å². The standard InChI is InChI=1S/C12H14N2O4/c1-12(2,13-7-8-18-11(13)15)9-3-5-10(6-4-9)14(16)17/h3-6H,7-8H2,1-2H3. The minimum absolute atomic E-state index is 0.0403. The van der Waals surface area contributed by atoms with Crippen molar-refractivity contribution in [1.82, 2.24) is 4.90 Å². The topological polar surface area (TPSA) is 72.7 Å². The van der Waals surface area contributed by atoms with Gasteiger partial charge >= 0.3 is 6.09 Å². The van der Waals surface area contributed by atoms with E-state index in [1.807, 2.05) is 13.8 Å². The van der Waals surface area contributed by atoms with Crippen molar-refractivity contribution in [2.24, 2.45) is 0 Å². The van der Waals surface area contributed by atoms with E-state index in [1.54, 1.807) is 17.0 Å². The lowest BCUT2D eigenvalue weighted by atomic mass is 9.92. The van der Waals surface area contributed by atoms with Crippen LogP contribution in [0.25, 0.3) is 0 Å². The summed E-state index contributed by atoms with van der Waals surface area (Å²) in [6.45, 7) is 4.69. The van der Waals surface area contributed by atoms with Crippen LogP contribution in [0.15, 0.2) is 24.3 Å². The number of cyclic esters (lactones) is 1. The summed E-state index contributed by atoms with van der Waals surface area (Å²) in [6, 6.07) is 6.23. The van der Waals surface area contributed by atoms with Crippen LogP contribution in [0.1, 0.15) is 19.4 Å². The number of hydrogen-bond donors (Lipinski definition) is 0. The molecule has 1 amide bonds. The van der Waals surface area contributed by atoms with Gasteiger partial charge in [0.2, 0.25) is 0 Å². The van der Waals surface area contributed by atoms with Crippen molar-refractivity contribution in [1.29, 1.82) is 0 Å². The van der Waals surface area contributed by atoms with Crippen molar-refractivity contribution in [3.63, 3.8) is 0 Å². The molecule has 1 aliphatic rings. The number of hydrogen-bond acceptors (Lipinski definition) is 4. The second-order valence-corrected chi connectivity index (χ2v) is 4.63. The number of benzene rings is 1. The number of rotatable bonds is 3. The summed E-state index contributed by atoms with van der Waals surface area (Å²) in [5.41, 5.74) is 0.341. The molecule has 0 spiro atoms. The summed E-state index contributed by atoms with van der Waals surface area (Å²) < 4.78 is 4.91. The largest absolute Gasteiger partial charge is 0.448 e. The Morgan fingerprint density at radius 1 is 1.33 bits per heavy atom. The molecule has 1 aromatic carbocycles. The Bertz CT molecular complexity index is 481. The van der Waals surface area contributed by atoms with Crippen molar-refractivity contribution in [2.45, 2.75) is 19.4 Å². The molecule has 0 atom stereocenters. The Morgan fingerprint density at radius 3 is 2.39 bits per heavy atom. The molecule has 96 valence electrons. The van der Waals surface area contributed by atoms with E-state index in [0.717, 1.165) is 5.56 Å². The number of nitro groups is 1. The smallest absolute Gasteiger partial charge is 0.410 e. The monoisotopic (exact) mass is 250 g/mol. The minimum Gasteiger partial charge on any atom is -0.448 e. The van der Waals surface area contributed by atoms with E-state index >= 15 is 0 Å². The van der Waals surface area contributed by atoms with E-state index in [0.29, 0.717) is 13.2 Å². The van der Waals surface area contributed by atoms with Crippen molar-refractivity contribution in [2.75, 3.05) is 13.2 Å². The van der Waals surface area contributed by atoms with Crippen LogP contribution in [0.2, 0.25) is 0 Å². The molecule has 1 aromatic rings. The maximum atomic E-state index is 11.6. The summed E-state index contributed by atoms with van der Waals surface area (Å²) >= 11 is 0. The summed E-state index contributed by atoms with van der Waals surface area (Å²) in [7, 11) is 0. The van der Waals surface area contributed by atoms with E-state index < -0.39 is 10.5 Å². The molecule has 0 aromatic heterocycles. The highest BCUT2D eigenvalue weighted by molar-refractivity contribution is 5.70. The fourth-order valence-electron chi connectivity index (χ4n) is 2.05. The molecule has 0 bridgehead atoms. The fourth-order valence-corrected chi connectivity index (χ4v) is 2.05. The van der Waals surface area contributed by atoms with Gasteiger partial charge in [0, 0.05) is 12.1 Å². The number of nitrogens with zero attached hydrogens (tertiary/aromatic N) is 2. The van der Waals surface area contributed by atoms with Crippen LogP contribution in [0, 0.1) is 10.1 Å². The van der Waals surface area contributed by atoms with E-state index in [9.17, 15) is 14.9 Å². The zero-order valence-electron chi connectivity index (χ0n) is 10.3. The third-order valence-electron chi connectivity index (χ3n) is 3.22. The molecule has 0 radical (unpaired) electrons. The highest BCUT2D eigenvalue weighted by Crippen LogP contribution is 2.31. The van der Waals surface area contributed by atoms with Crippen molar-refractivity contribution in [3.8, 4) is 0 Å². The lowest BCUT2D eigenvalue weighted by Gasteiger charge is -2.33. The number of carbonyl (C=O) groups is 1. The molecular formula is C12H14N2O4. The fraction of sp³-hybridized carbons (Fsp3) is 0.417. The van der Waals surface area contributed by atoms with Gasteiger partial charge in [-0.05, 0) is 31.5 Å². The Morgan fingerprint density at radius 2 is 1.94 bits per heavy atom. The molecule has 0 N–H and O–H groups in total. The van der Waals surface area contributed by atoms with Crippen molar-refractivity contribution >= 4 is 11.8 Å². The van der Waals surface area contributed by atoms with Gasteiger partial charge in [0.05, 0.1) is 17.0 Å². The Hall–Kier alpha value is -2.11. The van der Waals surface area contributed by atoms with Crippen LogP contribution in [-0.2, 0) is 10.3 Å². The highest BCUT2D eigenvalue weighted by Gasteiger charge is 2.37. The first-order valence-electron chi connectivity index (χ1n) is 5.62. The van der Waals surface area contributed by atoms with Gasteiger partial charge in [0.25, 0.3) is 5.69 Å². The van der Waals surface area contributed by atoms with Gasteiger partial charge in [-0.25, -0.2) is 4.79 Å². The van der Waals surface area contributed by atoms with Gasteiger partial charge in [0.1, 0.15) is 6.61 Å². The normalized spacial score (nSPS) is 15.7. The molecular weight excluding hydrogens is 236 g/mol. The van der Waals surface area contributed by atoms with Crippen molar-refractivity contribution in [3.05, 3.63) is 39.9 Å². The maximum absolute atomic E-state index is 11.6. The van der Waals surface area contributed by atoms with Crippen molar-refractivity contribution < 1.29 is 14.5 Å². The summed E-state index contributed by atoms with van der Waals surface area (Å²) in [4.78, 5) is 23.3. The Labute approximate surface area is 104 Å². The van der Waals surface area contributed by atoms with Crippen LogP contribution >= 0.6 is 0 Å². The van der Waals surface area contributed by atoms with E-state index in [-0.39, 0.29) is 11.8 Å². The lowest BCUT2D eigenvalue weighted by molar-refractivity contribution is -0.384. The summed E-state index contributed by atoms with van der Waals surface area (Å²) in [5, 5.41) is 10.6. The van der Waals surface area contributed by atoms with Crippen LogP contribution in [-0.4, -0.2) is 29.1 Å². The van der Waals surface area contributed by atoms with E-state index in [4.69, 9.17) is 4.74 Å². The van der Waals surface area contributed by atoms with Gasteiger partial charge in [-0.3, -0.25) is 15.0 Å². The quantitative estimate of drug-likeness (QED) is 0.609. The van der Waals surface area contributed by atoms with Crippen LogP contribution in [0.4, 0.5) is 10.5 Å². The molecule has 0 saturated carbocycles. The molecule has 1 saturated heterocycles. The first kappa shape index (κ1) is 12.3. The highest BCUT2D eigenvalue weighted by atomic mass is 16.6. The number of nitro benzene ring substituents is 1. The number of carbonyl (C=O) groups excluding carboxylic acids is 1. The molecule has 1 aliphatic heterocycles. The van der Waals surface area contributed by atoms with Gasteiger partial charge in [-0.2, -0.15) is 0 Å². The Balaban J connectivity index is 2.29. The van der Waals surface area contributed by atoms with Crippen LogP contribution in [0.5, 0.6) is 0 Å². The van der Waals surface area contributed by atoms with Crippen LogP contribution < -0.4 is 0 Å². The number of non-ortho nitro benzene ring substituents is 1. The minimum atomic E-state index is -0.539. The lowest BCUT2D eigenvalue weighted by Crippen LogP contribution is -2.42. The summed E-state index contributed by atoms with van der Waals surface area (Å²) in [5.74, 6) is 0. The predicted octanol–water partition coefficient (Wildman–Crippen LogP) is 2.28. The molecule has 1 fully saturated rings. The summed E-state index contributed by atoms with van der Waals surface area (Å²) in [6.07, 6.45) is -0.349. The second kappa shape index (κ2) is 4.29. The maximum Gasteiger partial charge on any atom is 0.410 e. The Kier molecular flexibility index (Phi) is 2.94. The van der Waals surface area contributed by atoms with Crippen LogP contribution in [0.3, 0.4) is 0 Å². The van der Waals surface area contributed by atoms with E-state index in [2.05, 4.69) is 0 Å². The first-order chi connectivity index (χ1) is 8.43. The predicted molar refractivity (Wildman–Crippen MR) is 64.2 cm³/mol. The molecule has 0 aliphatic carbocycles. The molecule has 6 heteroatoms. The SMILES string of the molecule is CC(C)(c1ccc([N+](=O)[O-])cc1)N1CCOC1=O. The van der Waals surface area contributed by atoms with Gasteiger partial charge in [-0.15, -0.1) is 0 Å². The number of amides is 1. The van der Waals surface area contributed by atoms with Gasteiger partial charge in [0.15, 0.2) is 0 Å². The molecule has 1 heterocycles. The molecule has 0 unspecified atom stereocenters. The number of ether oxygens (including phenoxy) is 1. The third kappa shape index (κ3) is 2.01. The first-order valence-corrected chi connectivity index (χ1v) is 5.62. The average Bonchev–Trinajstić information content (AvgIpc) is 2.76. The third-order valence-corrected chi connectivity index (χ3v) is 3.22. The molecule has 6 nitrogen and oxygen atoms in total. The van der Waals surface area contributed by atoms with Gasteiger partial charge < -0.3 is 4.74 Å². The second-order valence-electron chi connectivity index (χ2n) is 4.63. The zero-order chi connectivity index (χ0) is 13.3. The average molecular weight is 250 g/mol.